The number of aromatic hydroxyl groups is 1. The van der Waals surface area contributed by atoms with Crippen LogP contribution in [0.2, 0.25) is 5.02 Å². The van der Waals surface area contributed by atoms with Gasteiger partial charge in [-0.1, -0.05) is 11.6 Å². The van der Waals surface area contributed by atoms with Crippen molar-refractivity contribution in [1.82, 2.24) is 0 Å². The van der Waals surface area contributed by atoms with Gasteiger partial charge in [0.05, 0.1) is 12.7 Å². The van der Waals surface area contributed by atoms with E-state index in [0.29, 0.717) is 27.3 Å². The predicted octanol–water partition coefficient (Wildman–Crippen LogP) is 3.83. The van der Waals surface area contributed by atoms with Gasteiger partial charge in [-0.25, -0.2) is 4.79 Å². The molecule has 3 aromatic rings. The molecule has 3 rings (SSSR count). The van der Waals surface area contributed by atoms with Gasteiger partial charge < -0.3 is 14.3 Å². The summed E-state index contributed by atoms with van der Waals surface area (Å²) in [5, 5.41) is 11.3. The minimum atomic E-state index is -0.523. The third kappa shape index (κ3) is 2.45. The van der Waals surface area contributed by atoms with Crippen molar-refractivity contribution < 1.29 is 14.3 Å². The number of fused-ring (bicyclic) bond motifs is 1. The highest BCUT2D eigenvalue weighted by molar-refractivity contribution is 6.31. The standard InChI is InChI=1S/C16H11ClO4/c1-20-11-3-4-12(14(18)8-11)13-7-9-6-10(17)2-5-15(9)21-16(13)19/h2-8,18H,1H3. The van der Waals surface area contributed by atoms with Gasteiger partial charge in [-0.3, -0.25) is 0 Å². The number of benzene rings is 2. The highest BCUT2D eigenvalue weighted by Crippen LogP contribution is 2.32. The lowest BCUT2D eigenvalue weighted by Gasteiger charge is -2.07. The molecular weight excluding hydrogens is 292 g/mol. The molecule has 1 N–H and O–H groups in total. The molecule has 0 atom stereocenters. The van der Waals surface area contributed by atoms with E-state index in [1.54, 1.807) is 36.4 Å². The van der Waals surface area contributed by atoms with Crippen molar-refractivity contribution in [3.8, 4) is 22.6 Å². The number of ether oxygens (including phenoxy) is 1. The van der Waals surface area contributed by atoms with Gasteiger partial charge in [0, 0.05) is 22.0 Å². The Labute approximate surface area is 125 Å². The van der Waals surface area contributed by atoms with Gasteiger partial charge in [0.15, 0.2) is 0 Å². The van der Waals surface area contributed by atoms with Gasteiger partial charge >= 0.3 is 5.63 Å². The molecule has 0 aliphatic heterocycles. The lowest BCUT2D eigenvalue weighted by atomic mass is 10.0. The lowest BCUT2D eigenvalue weighted by molar-refractivity contribution is 0.408. The molecule has 21 heavy (non-hydrogen) atoms. The number of phenolic OH excluding ortho intramolecular Hbond substituents is 1. The minimum Gasteiger partial charge on any atom is -0.507 e. The van der Waals surface area contributed by atoms with Crippen LogP contribution in [0.15, 0.2) is 51.7 Å². The van der Waals surface area contributed by atoms with Crippen molar-refractivity contribution >= 4 is 22.6 Å². The van der Waals surface area contributed by atoms with E-state index in [4.69, 9.17) is 20.8 Å². The Balaban J connectivity index is 2.24. The topological polar surface area (TPSA) is 59.7 Å². The molecule has 0 amide bonds. The third-order valence-corrected chi connectivity index (χ3v) is 3.42. The molecule has 0 saturated carbocycles. The molecule has 0 saturated heterocycles. The van der Waals surface area contributed by atoms with E-state index in [1.807, 2.05) is 0 Å². The second-order valence-corrected chi connectivity index (χ2v) is 4.95. The normalized spacial score (nSPS) is 10.8. The number of halogens is 1. The first-order chi connectivity index (χ1) is 10.1. The Morgan fingerprint density at radius 1 is 1.10 bits per heavy atom. The summed E-state index contributed by atoms with van der Waals surface area (Å²) in [6.45, 7) is 0. The average Bonchev–Trinajstić information content (AvgIpc) is 2.47. The second kappa shape index (κ2) is 5.14. The number of methoxy groups -OCH3 is 1. The molecule has 2 aromatic carbocycles. The average molecular weight is 303 g/mol. The third-order valence-electron chi connectivity index (χ3n) is 3.19. The molecule has 5 heteroatoms. The fraction of sp³-hybridized carbons (Fsp3) is 0.0625. The van der Waals surface area contributed by atoms with E-state index < -0.39 is 5.63 Å². The van der Waals surface area contributed by atoms with E-state index in [9.17, 15) is 9.90 Å². The Bertz CT molecular complexity index is 883. The van der Waals surface area contributed by atoms with Crippen molar-refractivity contribution in [2.45, 2.75) is 0 Å². The first kappa shape index (κ1) is 13.5. The van der Waals surface area contributed by atoms with E-state index >= 15 is 0 Å². The van der Waals surface area contributed by atoms with Crippen molar-refractivity contribution in [3.63, 3.8) is 0 Å². The maximum Gasteiger partial charge on any atom is 0.344 e. The Morgan fingerprint density at radius 3 is 2.62 bits per heavy atom. The molecule has 0 aliphatic carbocycles. The SMILES string of the molecule is COc1ccc(-c2cc3cc(Cl)ccc3oc2=O)c(O)c1. The molecule has 0 radical (unpaired) electrons. The van der Waals surface area contributed by atoms with Crippen LogP contribution in [0.5, 0.6) is 11.5 Å². The zero-order valence-electron chi connectivity index (χ0n) is 11.1. The highest BCUT2D eigenvalue weighted by Gasteiger charge is 2.12. The maximum atomic E-state index is 12.1. The van der Waals surface area contributed by atoms with Crippen LogP contribution in [0.1, 0.15) is 0 Å². The van der Waals surface area contributed by atoms with Gasteiger partial charge in [0.2, 0.25) is 0 Å². The smallest absolute Gasteiger partial charge is 0.344 e. The Hall–Kier alpha value is -2.46. The van der Waals surface area contributed by atoms with Gasteiger partial charge in [0.25, 0.3) is 0 Å². The molecule has 0 unspecified atom stereocenters. The zero-order valence-corrected chi connectivity index (χ0v) is 11.8. The Morgan fingerprint density at radius 2 is 1.90 bits per heavy atom. The van der Waals surface area contributed by atoms with Crippen LogP contribution in [-0.4, -0.2) is 12.2 Å². The molecule has 0 fully saturated rings. The van der Waals surface area contributed by atoms with Crippen LogP contribution in [0.25, 0.3) is 22.1 Å². The number of hydrogen-bond donors (Lipinski definition) is 1. The molecule has 1 heterocycles. The number of hydrogen-bond acceptors (Lipinski definition) is 4. The van der Waals surface area contributed by atoms with Crippen LogP contribution < -0.4 is 10.4 Å². The molecule has 0 bridgehead atoms. The molecule has 1 aromatic heterocycles. The maximum absolute atomic E-state index is 12.1. The van der Waals surface area contributed by atoms with Crippen LogP contribution >= 0.6 is 11.6 Å². The summed E-state index contributed by atoms with van der Waals surface area (Å²) in [5.74, 6) is 0.451. The van der Waals surface area contributed by atoms with Gasteiger partial charge in [-0.15, -0.1) is 0 Å². The zero-order chi connectivity index (χ0) is 15.0. The molecule has 0 aliphatic rings. The van der Waals surface area contributed by atoms with Crippen molar-refractivity contribution in [1.29, 1.82) is 0 Å². The fourth-order valence-corrected chi connectivity index (χ4v) is 2.33. The summed E-state index contributed by atoms with van der Waals surface area (Å²) in [5.41, 5.74) is 0.572. The van der Waals surface area contributed by atoms with E-state index in [1.165, 1.54) is 13.2 Å². The monoisotopic (exact) mass is 302 g/mol. The van der Waals surface area contributed by atoms with Crippen molar-refractivity contribution in [2.24, 2.45) is 0 Å². The number of phenols is 1. The van der Waals surface area contributed by atoms with Crippen LogP contribution in [-0.2, 0) is 0 Å². The largest absolute Gasteiger partial charge is 0.507 e. The second-order valence-electron chi connectivity index (χ2n) is 4.51. The van der Waals surface area contributed by atoms with Crippen LogP contribution in [0, 0.1) is 0 Å². The van der Waals surface area contributed by atoms with E-state index in [0.717, 1.165) is 0 Å². The quantitative estimate of drug-likeness (QED) is 0.731. The van der Waals surface area contributed by atoms with E-state index in [-0.39, 0.29) is 11.3 Å². The van der Waals surface area contributed by atoms with Gasteiger partial charge in [-0.2, -0.15) is 0 Å². The first-order valence-corrected chi connectivity index (χ1v) is 6.57. The predicted molar refractivity (Wildman–Crippen MR) is 81.1 cm³/mol. The summed E-state index contributed by atoms with van der Waals surface area (Å²) < 4.78 is 10.3. The summed E-state index contributed by atoms with van der Waals surface area (Å²) in [6.07, 6.45) is 0. The van der Waals surface area contributed by atoms with Crippen LogP contribution in [0.4, 0.5) is 0 Å². The highest BCUT2D eigenvalue weighted by atomic mass is 35.5. The Kier molecular flexibility index (Phi) is 3.31. The lowest BCUT2D eigenvalue weighted by Crippen LogP contribution is -2.02. The summed E-state index contributed by atoms with van der Waals surface area (Å²) >= 11 is 5.94. The summed E-state index contributed by atoms with van der Waals surface area (Å²) in [7, 11) is 1.50. The summed E-state index contributed by atoms with van der Waals surface area (Å²) in [6, 6.07) is 11.3. The van der Waals surface area contributed by atoms with Crippen LogP contribution in [0.3, 0.4) is 0 Å². The molecule has 4 nitrogen and oxygen atoms in total. The molecule has 106 valence electrons. The summed E-state index contributed by atoms with van der Waals surface area (Å²) in [4.78, 5) is 12.1. The molecular formula is C16H11ClO4. The van der Waals surface area contributed by atoms with Crippen molar-refractivity contribution in [2.75, 3.05) is 7.11 Å². The fourth-order valence-electron chi connectivity index (χ4n) is 2.15. The number of rotatable bonds is 2. The van der Waals surface area contributed by atoms with Gasteiger partial charge in [0.1, 0.15) is 17.1 Å². The first-order valence-electron chi connectivity index (χ1n) is 6.19. The van der Waals surface area contributed by atoms with E-state index in [2.05, 4.69) is 0 Å². The van der Waals surface area contributed by atoms with Crippen molar-refractivity contribution in [3.05, 3.63) is 57.9 Å². The minimum absolute atomic E-state index is 0.0528. The van der Waals surface area contributed by atoms with Gasteiger partial charge in [-0.05, 0) is 36.4 Å². The molecule has 0 spiro atoms.